The van der Waals surface area contributed by atoms with Crippen LogP contribution in [0.25, 0.3) is 4.72 Å². The van der Waals surface area contributed by atoms with E-state index in [1.165, 1.54) is 17.7 Å². The summed E-state index contributed by atoms with van der Waals surface area (Å²) in [5, 5.41) is 0. The Balaban J connectivity index is 1.23. The lowest BCUT2D eigenvalue weighted by molar-refractivity contribution is 0.0745. The average molecular weight is 569 g/mol. The van der Waals surface area contributed by atoms with Crippen LogP contribution in [0.15, 0.2) is 102 Å². The highest BCUT2D eigenvalue weighted by Crippen LogP contribution is 2.31. The number of carbonyl (C=O) groups is 1. The first-order valence-corrected chi connectivity index (χ1v) is 15.2. The van der Waals surface area contributed by atoms with E-state index in [-0.39, 0.29) is 10.8 Å². The molecule has 1 fully saturated rings. The Morgan fingerprint density at radius 3 is 2.12 bits per heavy atom. The Morgan fingerprint density at radius 1 is 0.805 bits per heavy atom. The molecule has 41 heavy (non-hydrogen) atoms. The molecule has 212 valence electrons. The molecule has 8 heteroatoms. The smallest absolute Gasteiger partial charge is 0.254 e. The highest BCUT2D eigenvalue weighted by molar-refractivity contribution is 7.94. The summed E-state index contributed by atoms with van der Waals surface area (Å²) < 4.78 is 36.0. The molecule has 0 saturated carbocycles. The molecule has 1 aliphatic heterocycles. The summed E-state index contributed by atoms with van der Waals surface area (Å²) >= 11 is 0. The number of aryl methyl sites for hydroxylation is 3. The molecule has 7 nitrogen and oxygen atoms in total. The molecule has 0 spiro atoms. The number of sulfonamides is 1. The standard InChI is InChI=1S/C33H34N3O4S/c1-25-12-19-29(41(38,39)34-28-17-15-27(16-18-28)14-13-26-8-4-3-5-9-26)24-30(25)33(37)36-22-20-35(21-23-36)31-10-6-7-11-32(31)40-2/h3-12,15-19,24H,13-14,20-23H2,1-2H3/q-1. The monoisotopic (exact) mass is 568 g/mol. The van der Waals surface area contributed by atoms with Crippen LogP contribution in [0.5, 0.6) is 5.75 Å². The molecular weight excluding hydrogens is 534 g/mol. The number of carbonyl (C=O) groups excluding carboxylic acids is 1. The summed E-state index contributed by atoms with van der Waals surface area (Å²) in [6, 6.07) is 30.0. The number of methoxy groups -OCH3 is 1. The van der Waals surface area contributed by atoms with Gasteiger partial charge in [-0.05, 0) is 60.7 Å². The SMILES string of the molecule is COc1ccccc1N1CCN(C(=O)c2cc(S(=O)(=O)[N-]c3ccc(CCc4ccccc4)cc3)ccc2C)CC1. The first kappa shape index (κ1) is 28.2. The first-order valence-electron chi connectivity index (χ1n) is 13.7. The van der Waals surface area contributed by atoms with Crippen LogP contribution in [0, 0.1) is 6.92 Å². The number of rotatable bonds is 9. The molecule has 4 aromatic rings. The number of piperazine rings is 1. The Hall–Kier alpha value is -4.30. The van der Waals surface area contributed by atoms with Crippen molar-refractivity contribution < 1.29 is 17.9 Å². The molecule has 5 rings (SSSR count). The zero-order chi connectivity index (χ0) is 28.8. The number of para-hydroxylation sites is 2. The van der Waals surface area contributed by atoms with Crippen LogP contribution in [-0.2, 0) is 22.9 Å². The fourth-order valence-electron chi connectivity index (χ4n) is 5.05. The van der Waals surface area contributed by atoms with Crippen molar-refractivity contribution in [2.45, 2.75) is 24.7 Å². The minimum Gasteiger partial charge on any atom is -0.573 e. The van der Waals surface area contributed by atoms with Gasteiger partial charge in [0.25, 0.3) is 5.91 Å². The van der Waals surface area contributed by atoms with Gasteiger partial charge in [-0.25, -0.2) is 8.42 Å². The lowest BCUT2D eigenvalue weighted by Crippen LogP contribution is -2.49. The summed E-state index contributed by atoms with van der Waals surface area (Å²) in [6.45, 7) is 4.17. The topological polar surface area (TPSA) is 81.0 Å². The van der Waals surface area contributed by atoms with Crippen molar-refractivity contribution in [2.75, 3.05) is 38.2 Å². The molecule has 0 radical (unpaired) electrons. The van der Waals surface area contributed by atoms with Gasteiger partial charge in [0.05, 0.1) is 17.7 Å². The fraction of sp³-hybridized carbons (Fsp3) is 0.242. The predicted molar refractivity (Wildman–Crippen MR) is 163 cm³/mol. The maximum absolute atomic E-state index is 13.5. The van der Waals surface area contributed by atoms with E-state index in [1.54, 1.807) is 30.2 Å². The lowest BCUT2D eigenvalue weighted by atomic mass is 10.0. The van der Waals surface area contributed by atoms with Crippen molar-refractivity contribution in [2.24, 2.45) is 0 Å². The van der Waals surface area contributed by atoms with Crippen LogP contribution in [0.2, 0.25) is 0 Å². The van der Waals surface area contributed by atoms with Gasteiger partial charge in [0.2, 0.25) is 0 Å². The summed E-state index contributed by atoms with van der Waals surface area (Å²) in [6.07, 6.45) is 1.76. The molecular formula is C33H34N3O4S-. The molecule has 1 amide bonds. The van der Waals surface area contributed by atoms with Crippen molar-refractivity contribution in [3.05, 3.63) is 124 Å². The molecule has 0 unspecified atom stereocenters. The second kappa shape index (κ2) is 12.5. The Morgan fingerprint density at radius 2 is 1.44 bits per heavy atom. The summed E-state index contributed by atoms with van der Waals surface area (Å²) in [5.41, 5.74) is 4.82. The molecule has 0 bridgehead atoms. The second-order valence-electron chi connectivity index (χ2n) is 10.1. The van der Waals surface area contributed by atoms with E-state index in [1.807, 2.05) is 61.5 Å². The van der Waals surface area contributed by atoms with Gasteiger partial charge in [0.1, 0.15) is 15.8 Å². The molecule has 0 aromatic heterocycles. The van der Waals surface area contributed by atoms with Gasteiger partial charge >= 0.3 is 0 Å². The van der Waals surface area contributed by atoms with E-state index in [9.17, 15) is 13.2 Å². The maximum atomic E-state index is 13.5. The third-order valence-corrected chi connectivity index (χ3v) is 8.74. The zero-order valence-electron chi connectivity index (χ0n) is 23.4. The maximum Gasteiger partial charge on any atom is 0.254 e. The number of hydrogen-bond donors (Lipinski definition) is 0. The van der Waals surface area contributed by atoms with Crippen LogP contribution < -0.4 is 9.64 Å². The van der Waals surface area contributed by atoms with Gasteiger partial charge in [-0.3, -0.25) is 4.79 Å². The van der Waals surface area contributed by atoms with E-state index in [0.717, 1.165) is 35.4 Å². The van der Waals surface area contributed by atoms with Gasteiger partial charge in [-0.15, -0.1) is 5.69 Å². The average Bonchev–Trinajstić information content (AvgIpc) is 3.01. The number of nitrogens with zero attached hydrogens (tertiary/aromatic N) is 3. The summed E-state index contributed by atoms with van der Waals surface area (Å²) in [5.74, 6) is 0.619. The lowest BCUT2D eigenvalue weighted by Gasteiger charge is -2.37. The van der Waals surface area contributed by atoms with Crippen molar-refractivity contribution >= 4 is 27.3 Å². The van der Waals surface area contributed by atoms with E-state index >= 15 is 0 Å². The molecule has 0 N–H and O–H groups in total. The molecule has 0 aliphatic carbocycles. The highest BCUT2D eigenvalue weighted by atomic mass is 32.2. The van der Waals surface area contributed by atoms with Crippen LogP contribution in [0.1, 0.15) is 27.0 Å². The van der Waals surface area contributed by atoms with Crippen molar-refractivity contribution in [3.8, 4) is 5.75 Å². The van der Waals surface area contributed by atoms with Crippen molar-refractivity contribution in [1.29, 1.82) is 0 Å². The second-order valence-corrected chi connectivity index (χ2v) is 11.8. The minimum absolute atomic E-state index is 0.00672. The first-order chi connectivity index (χ1) is 19.8. The Kier molecular flexibility index (Phi) is 8.59. The molecule has 1 saturated heterocycles. The molecule has 4 aromatic carbocycles. The van der Waals surface area contributed by atoms with Crippen LogP contribution >= 0.6 is 0 Å². The number of benzene rings is 4. The van der Waals surface area contributed by atoms with Gasteiger partial charge in [-0.1, -0.05) is 72.8 Å². The normalized spacial score (nSPS) is 13.6. The van der Waals surface area contributed by atoms with E-state index < -0.39 is 10.0 Å². The predicted octanol–water partition coefficient (Wildman–Crippen LogP) is 6.15. The number of hydrogen-bond acceptors (Lipinski definition) is 5. The van der Waals surface area contributed by atoms with E-state index in [4.69, 9.17) is 4.74 Å². The summed E-state index contributed by atoms with van der Waals surface area (Å²) in [7, 11) is -2.36. The van der Waals surface area contributed by atoms with Gasteiger partial charge in [-0.2, -0.15) is 0 Å². The number of ether oxygens (including phenoxy) is 1. The Bertz CT molecular complexity index is 1600. The van der Waals surface area contributed by atoms with Gasteiger partial charge in [0.15, 0.2) is 0 Å². The fourth-order valence-corrected chi connectivity index (χ4v) is 6.06. The van der Waals surface area contributed by atoms with Crippen LogP contribution in [0.3, 0.4) is 0 Å². The highest BCUT2D eigenvalue weighted by Gasteiger charge is 2.25. The molecule has 1 aliphatic rings. The Labute approximate surface area is 242 Å². The van der Waals surface area contributed by atoms with Gasteiger partial charge < -0.3 is 19.3 Å². The number of anilines is 1. The third-order valence-electron chi connectivity index (χ3n) is 7.44. The number of amides is 1. The van der Waals surface area contributed by atoms with Crippen molar-refractivity contribution in [3.63, 3.8) is 0 Å². The quantitative estimate of drug-likeness (QED) is 0.242. The molecule has 1 heterocycles. The van der Waals surface area contributed by atoms with Crippen LogP contribution in [0.4, 0.5) is 11.4 Å². The minimum atomic E-state index is -4.01. The van der Waals surface area contributed by atoms with Crippen LogP contribution in [-0.4, -0.2) is 52.5 Å². The molecule has 0 atom stereocenters. The van der Waals surface area contributed by atoms with E-state index in [2.05, 4.69) is 21.8 Å². The largest absolute Gasteiger partial charge is 0.573 e. The van der Waals surface area contributed by atoms with Gasteiger partial charge in [0, 0.05) is 31.7 Å². The summed E-state index contributed by atoms with van der Waals surface area (Å²) in [4.78, 5) is 17.5. The zero-order valence-corrected chi connectivity index (χ0v) is 24.2. The third kappa shape index (κ3) is 6.72. The van der Waals surface area contributed by atoms with E-state index in [0.29, 0.717) is 37.4 Å². The van der Waals surface area contributed by atoms with Crippen molar-refractivity contribution in [1.82, 2.24) is 4.90 Å².